The molecule has 0 saturated carbocycles. The molecule has 1 aliphatic heterocycles. The number of hydrogen-bond acceptors (Lipinski definition) is 4. The smallest absolute Gasteiger partial charge is 0.150 e. The Morgan fingerprint density at radius 1 is 1.11 bits per heavy atom. The van der Waals surface area contributed by atoms with E-state index in [1.54, 1.807) is 0 Å². The fourth-order valence-corrected chi connectivity index (χ4v) is 4.07. The van der Waals surface area contributed by atoms with Crippen molar-refractivity contribution in [2.24, 2.45) is 0 Å². The Hall–Kier alpha value is -2.04. The molecule has 2 unspecified atom stereocenters. The Morgan fingerprint density at radius 3 is 2.57 bits per heavy atom. The largest absolute Gasteiger partial charge is 0.508 e. The number of benzene rings is 2. The molecular weight excluding hydrogens is 348 g/mol. The van der Waals surface area contributed by atoms with Crippen LogP contribution in [0.3, 0.4) is 0 Å². The van der Waals surface area contributed by atoms with E-state index in [0.717, 1.165) is 36.5 Å². The van der Waals surface area contributed by atoms with Crippen molar-refractivity contribution in [1.29, 1.82) is 0 Å². The zero-order valence-corrected chi connectivity index (χ0v) is 18.0. The average molecular weight is 383 g/mol. The number of rotatable bonds is 5. The number of nitrogens with zero attached hydrogens (tertiary/aromatic N) is 1. The van der Waals surface area contributed by atoms with Crippen LogP contribution in [0, 0.1) is 20.8 Å². The Kier molecular flexibility index (Phi) is 6.31. The van der Waals surface area contributed by atoms with Crippen LogP contribution in [0.25, 0.3) is 0 Å². The number of aromatic hydroxyl groups is 1. The van der Waals surface area contributed by atoms with Gasteiger partial charge in [0, 0.05) is 25.2 Å². The van der Waals surface area contributed by atoms with Gasteiger partial charge < -0.3 is 15.2 Å². The maximum Gasteiger partial charge on any atom is 0.150 e. The molecule has 0 aliphatic carbocycles. The van der Waals surface area contributed by atoms with E-state index in [4.69, 9.17) is 4.74 Å². The van der Waals surface area contributed by atoms with Gasteiger partial charge in [0.2, 0.25) is 0 Å². The lowest BCUT2D eigenvalue weighted by Gasteiger charge is -2.41. The summed E-state index contributed by atoms with van der Waals surface area (Å²) < 4.78 is 6.49. The van der Waals surface area contributed by atoms with Crippen LogP contribution in [0.5, 0.6) is 11.5 Å². The summed E-state index contributed by atoms with van der Waals surface area (Å²) in [6, 6.07) is 10.7. The molecule has 0 aromatic heterocycles. The van der Waals surface area contributed by atoms with E-state index in [-0.39, 0.29) is 18.2 Å². The van der Waals surface area contributed by atoms with E-state index in [1.165, 1.54) is 16.7 Å². The van der Waals surface area contributed by atoms with Crippen molar-refractivity contribution in [3.8, 4) is 11.5 Å². The molecule has 1 aliphatic rings. The summed E-state index contributed by atoms with van der Waals surface area (Å²) in [5, 5.41) is 13.7. The van der Waals surface area contributed by atoms with Crippen molar-refractivity contribution in [2.45, 2.75) is 59.7 Å². The monoisotopic (exact) mass is 382 g/mol. The van der Waals surface area contributed by atoms with Crippen molar-refractivity contribution in [2.75, 3.05) is 19.6 Å². The number of ether oxygens (including phenoxy) is 1. The molecule has 0 amide bonds. The highest BCUT2D eigenvalue weighted by atomic mass is 16.5. The van der Waals surface area contributed by atoms with Gasteiger partial charge in [0.1, 0.15) is 17.7 Å². The van der Waals surface area contributed by atoms with Crippen molar-refractivity contribution in [3.05, 3.63) is 58.1 Å². The molecule has 3 rings (SSSR count). The van der Waals surface area contributed by atoms with Crippen LogP contribution in [0.1, 0.15) is 60.5 Å². The molecular formula is C24H34N2O2. The minimum atomic E-state index is -0.0616. The molecule has 2 aromatic rings. The Morgan fingerprint density at radius 2 is 1.86 bits per heavy atom. The van der Waals surface area contributed by atoms with Crippen molar-refractivity contribution in [1.82, 2.24) is 10.2 Å². The van der Waals surface area contributed by atoms with Crippen LogP contribution >= 0.6 is 0 Å². The molecule has 0 spiro atoms. The zero-order valence-electron chi connectivity index (χ0n) is 18.0. The van der Waals surface area contributed by atoms with Crippen molar-refractivity contribution < 1.29 is 9.84 Å². The summed E-state index contributed by atoms with van der Waals surface area (Å²) in [6.07, 6.45) is -0.0616. The summed E-state index contributed by atoms with van der Waals surface area (Å²) in [5.74, 6) is 1.49. The van der Waals surface area contributed by atoms with E-state index in [1.807, 2.05) is 19.1 Å². The quantitative estimate of drug-likeness (QED) is 0.779. The molecule has 28 heavy (non-hydrogen) atoms. The maximum atomic E-state index is 10.1. The molecule has 2 N–H and O–H groups in total. The van der Waals surface area contributed by atoms with Gasteiger partial charge in [0.25, 0.3) is 0 Å². The highest BCUT2D eigenvalue weighted by Crippen LogP contribution is 2.35. The van der Waals surface area contributed by atoms with Gasteiger partial charge in [-0.25, -0.2) is 0 Å². The van der Waals surface area contributed by atoms with Gasteiger partial charge in [-0.2, -0.15) is 0 Å². The molecule has 1 saturated heterocycles. The lowest BCUT2D eigenvalue weighted by molar-refractivity contribution is -0.00662. The first kappa shape index (κ1) is 20.7. The first-order chi connectivity index (χ1) is 13.3. The van der Waals surface area contributed by atoms with E-state index in [9.17, 15) is 5.11 Å². The molecule has 4 heteroatoms. The van der Waals surface area contributed by atoms with Gasteiger partial charge in [0.15, 0.2) is 0 Å². The van der Waals surface area contributed by atoms with Gasteiger partial charge >= 0.3 is 0 Å². The number of aryl methyl sites for hydroxylation is 2. The average Bonchev–Trinajstić information content (AvgIpc) is 2.66. The number of piperazine rings is 1. The number of phenols is 1. The van der Waals surface area contributed by atoms with Crippen LogP contribution in [0.2, 0.25) is 0 Å². The van der Waals surface area contributed by atoms with Crippen LogP contribution in [0.15, 0.2) is 30.3 Å². The molecule has 2 atom stereocenters. The first-order valence-electron chi connectivity index (χ1n) is 10.3. The third kappa shape index (κ3) is 4.18. The highest BCUT2D eigenvalue weighted by molar-refractivity contribution is 5.46. The predicted molar refractivity (Wildman–Crippen MR) is 115 cm³/mol. The van der Waals surface area contributed by atoms with E-state index in [0.29, 0.717) is 5.75 Å². The van der Waals surface area contributed by atoms with Crippen LogP contribution in [-0.4, -0.2) is 35.9 Å². The maximum absolute atomic E-state index is 10.1. The van der Waals surface area contributed by atoms with Gasteiger partial charge in [-0.3, -0.25) is 4.90 Å². The Labute approximate surface area is 169 Å². The van der Waals surface area contributed by atoms with E-state index in [2.05, 4.69) is 63.0 Å². The zero-order chi connectivity index (χ0) is 20.4. The lowest BCUT2D eigenvalue weighted by atomic mass is 9.95. The third-order valence-electron chi connectivity index (χ3n) is 6.01. The summed E-state index contributed by atoms with van der Waals surface area (Å²) in [6.45, 7) is 15.5. The summed E-state index contributed by atoms with van der Waals surface area (Å²) in [5.41, 5.74) is 5.95. The Bertz CT molecular complexity index is 832. The van der Waals surface area contributed by atoms with Crippen LogP contribution in [-0.2, 0) is 0 Å². The summed E-state index contributed by atoms with van der Waals surface area (Å²) in [7, 11) is 0. The SMILES string of the molecule is Cc1cc(OC(C)N2CCNCC2c2cccc(C)c2C)c(C(C)C)cc1O. The van der Waals surface area contributed by atoms with Crippen LogP contribution < -0.4 is 10.1 Å². The lowest BCUT2D eigenvalue weighted by Crippen LogP contribution is -2.51. The normalized spacial score (nSPS) is 19.0. The molecule has 1 fully saturated rings. The second-order valence-electron chi connectivity index (χ2n) is 8.30. The second-order valence-corrected chi connectivity index (χ2v) is 8.30. The topological polar surface area (TPSA) is 44.7 Å². The summed E-state index contributed by atoms with van der Waals surface area (Å²) in [4.78, 5) is 2.45. The number of phenolic OH excluding ortho intramolecular Hbond substituents is 1. The molecule has 152 valence electrons. The first-order valence-corrected chi connectivity index (χ1v) is 10.3. The summed E-state index contributed by atoms with van der Waals surface area (Å²) >= 11 is 0. The van der Waals surface area contributed by atoms with Crippen molar-refractivity contribution >= 4 is 0 Å². The van der Waals surface area contributed by atoms with E-state index >= 15 is 0 Å². The second kappa shape index (κ2) is 8.54. The molecule has 0 radical (unpaired) electrons. The van der Waals surface area contributed by atoms with Gasteiger partial charge in [0.05, 0.1) is 6.04 Å². The fourth-order valence-electron chi connectivity index (χ4n) is 4.07. The molecule has 2 aromatic carbocycles. The highest BCUT2D eigenvalue weighted by Gasteiger charge is 2.30. The van der Waals surface area contributed by atoms with Crippen LogP contribution in [0.4, 0.5) is 0 Å². The number of nitrogens with one attached hydrogen (secondary N) is 1. The standard InChI is InChI=1S/C24H34N2O2/c1-15(2)21-13-23(27)17(4)12-24(21)28-19(6)26-11-10-25-14-22(26)20-9-7-8-16(3)18(20)5/h7-9,12-13,15,19,22,25,27H,10-11,14H2,1-6H3. The molecule has 4 nitrogen and oxygen atoms in total. The minimum absolute atomic E-state index is 0.0616. The molecule has 1 heterocycles. The van der Waals surface area contributed by atoms with Crippen molar-refractivity contribution in [3.63, 3.8) is 0 Å². The molecule has 0 bridgehead atoms. The Balaban J connectivity index is 1.89. The van der Waals surface area contributed by atoms with Gasteiger partial charge in [-0.1, -0.05) is 32.0 Å². The van der Waals surface area contributed by atoms with Gasteiger partial charge in [-0.15, -0.1) is 0 Å². The fraction of sp³-hybridized carbons (Fsp3) is 0.500. The van der Waals surface area contributed by atoms with E-state index < -0.39 is 0 Å². The third-order valence-corrected chi connectivity index (χ3v) is 6.01. The minimum Gasteiger partial charge on any atom is -0.508 e. The predicted octanol–water partition coefficient (Wildman–Crippen LogP) is 4.81. The van der Waals surface area contributed by atoms with Gasteiger partial charge in [-0.05, 0) is 68.0 Å². The number of hydrogen-bond donors (Lipinski definition) is 2.